The number of likely N-dealkylation sites (N-methyl/N-ethyl adjacent to an activating group) is 1. The number of hydrogen-bond acceptors (Lipinski definition) is 2. The molecule has 134 valence electrons. The van der Waals surface area contributed by atoms with Crippen LogP contribution in [0.4, 0.5) is 4.79 Å². The number of nitrogens with one attached hydrogen (secondary N) is 1. The van der Waals surface area contributed by atoms with Crippen LogP contribution in [0.15, 0.2) is 35.5 Å². The molecule has 2 aliphatic rings. The van der Waals surface area contributed by atoms with Gasteiger partial charge in [-0.3, -0.25) is 9.69 Å². The molecule has 2 unspecified atom stereocenters. The Balaban J connectivity index is 1.99. The molecule has 2 heterocycles. The van der Waals surface area contributed by atoms with E-state index in [4.69, 9.17) is 0 Å². The minimum Gasteiger partial charge on any atom is -0.330 e. The Kier molecular flexibility index (Phi) is 4.58. The fraction of sp³-hybridized carbons (Fsp3) is 0.500. The van der Waals surface area contributed by atoms with Gasteiger partial charge in [-0.2, -0.15) is 0 Å². The smallest absolute Gasteiger partial charge is 0.322 e. The highest BCUT2D eigenvalue weighted by Gasteiger charge is 2.43. The van der Waals surface area contributed by atoms with Gasteiger partial charge in [-0.1, -0.05) is 45.0 Å². The molecule has 1 aromatic rings. The number of urea groups is 1. The fourth-order valence-electron chi connectivity index (χ4n) is 3.49. The quantitative estimate of drug-likeness (QED) is 0.912. The molecule has 0 aromatic heterocycles. The minimum atomic E-state index is -0.374. The zero-order chi connectivity index (χ0) is 18.3. The van der Waals surface area contributed by atoms with Crippen LogP contribution in [0.5, 0.6) is 0 Å². The molecule has 2 aliphatic heterocycles. The molecule has 0 radical (unpaired) electrons. The second-order valence-electron chi connectivity index (χ2n) is 7.31. The van der Waals surface area contributed by atoms with Crippen LogP contribution in [0.25, 0.3) is 0 Å². The third kappa shape index (κ3) is 2.92. The van der Waals surface area contributed by atoms with Crippen LogP contribution >= 0.6 is 0 Å². The van der Waals surface area contributed by atoms with Crippen LogP contribution in [0, 0.1) is 0 Å². The summed E-state index contributed by atoms with van der Waals surface area (Å²) in [5, 5.41) is 2.99. The highest BCUT2D eigenvalue weighted by atomic mass is 16.2. The highest BCUT2D eigenvalue weighted by molar-refractivity contribution is 6.01. The maximum atomic E-state index is 13.0. The van der Waals surface area contributed by atoms with Crippen molar-refractivity contribution in [2.45, 2.75) is 52.1 Å². The van der Waals surface area contributed by atoms with Crippen LogP contribution < -0.4 is 5.32 Å². The van der Waals surface area contributed by atoms with Crippen LogP contribution in [0.1, 0.15) is 57.2 Å². The summed E-state index contributed by atoms with van der Waals surface area (Å²) in [6.45, 7) is 8.94. The van der Waals surface area contributed by atoms with Gasteiger partial charge < -0.3 is 10.2 Å². The first-order valence-electron chi connectivity index (χ1n) is 9.03. The maximum Gasteiger partial charge on any atom is 0.322 e. The van der Waals surface area contributed by atoms with Gasteiger partial charge in [-0.05, 0) is 30.4 Å². The predicted octanol–water partition coefficient (Wildman–Crippen LogP) is 3.40. The third-order valence-electron chi connectivity index (χ3n) is 5.45. The molecule has 1 aromatic carbocycles. The van der Waals surface area contributed by atoms with E-state index < -0.39 is 0 Å². The second-order valence-corrected chi connectivity index (χ2v) is 7.31. The highest BCUT2D eigenvalue weighted by Crippen LogP contribution is 2.36. The van der Waals surface area contributed by atoms with E-state index in [0.29, 0.717) is 18.0 Å². The lowest BCUT2D eigenvalue weighted by Gasteiger charge is -2.31. The van der Waals surface area contributed by atoms with Crippen LogP contribution in [-0.4, -0.2) is 41.4 Å². The SMILES string of the molecule is CCC(C)N1CC2=C(C1=O)C(c1ccc(C(C)C)cc1)NC(=O)N2C. The van der Waals surface area contributed by atoms with E-state index in [1.165, 1.54) is 5.56 Å². The Hall–Kier alpha value is -2.30. The number of nitrogens with zero attached hydrogens (tertiary/aromatic N) is 2. The van der Waals surface area contributed by atoms with E-state index in [2.05, 4.69) is 45.1 Å². The molecule has 2 atom stereocenters. The van der Waals surface area contributed by atoms with Gasteiger partial charge in [0, 0.05) is 13.1 Å². The summed E-state index contributed by atoms with van der Waals surface area (Å²) >= 11 is 0. The Morgan fingerprint density at radius 1 is 1.16 bits per heavy atom. The molecule has 0 fully saturated rings. The molecule has 3 amide bonds. The molecule has 0 spiro atoms. The van der Waals surface area contributed by atoms with E-state index >= 15 is 0 Å². The Morgan fingerprint density at radius 3 is 2.36 bits per heavy atom. The molecule has 5 nitrogen and oxygen atoms in total. The monoisotopic (exact) mass is 341 g/mol. The molecule has 0 saturated carbocycles. The zero-order valence-corrected chi connectivity index (χ0v) is 15.7. The summed E-state index contributed by atoms with van der Waals surface area (Å²) < 4.78 is 0. The normalized spacial score (nSPS) is 21.8. The average molecular weight is 341 g/mol. The lowest BCUT2D eigenvalue weighted by atomic mass is 9.93. The predicted molar refractivity (Wildman–Crippen MR) is 98.1 cm³/mol. The first-order valence-corrected chi connectivity index (χ1v) is 9.03. The summed E-state index contributed by atoms with van der Waals surface area (Å²) in [5.41, 5.74) is 3.74. The van der Waals surface area contributed by atoms with Crippen LogP contribution in [0.2, 0.25) is 0 Å². The average Bonchev–Trinajstić information content (AvgIpc) is 2.95. The maximum absolute atomic E-state index is 13.0. The summed E-state index contributed by atoms with van der Waals surface area (Å²) in [6, 6.07) is 7.83. The van der Waals surface area contributed by atoms with Crippen molar-refractivity contribution in [3.63, 3.8) is 0 Å². The van der Waals surface area contributed by atoms with E-state index in [1.807, 2.05) is 17.0 Å². The number of hydrogen-bond donors (Lipinski definition) is 1. The second kappa shape index (κ2) is 6.54. The van der Waals surface area contributed by atoms with Crippen molar-refractivity contribution in [3.05, 3.63) is 46.7 Å². The molecular weight excluding hydrogens is 314 g/mol. The lowest BCUT2D eigenvalue weighted by molar-refractivity contribution is -0.127. The molecule has 25 heavy (non-hydrogen) atoms. The number of carbonyl (C=O) groups excluding carboxylic acids is 2. The largest absolute Gasteiger partial charge is 0.330 e. The van der Waals surface area contributed by atoms with Crippen molar-refractivity contribution in [2.24, 2.45) is 0 Å². The van der Waals surface area contributed by atoms with Crippen molar-refractivity contribution in [3.8, 4) is 0 Å². The van der Waals surface area contributed by atoms with Crippen molar-refractivity contribution >= 4 is 11.9 Å². The van der Waals surface area contributed by atoms with E-state index in [1.54, 1.807) is 11.9 Å². The Morgan fingerprint density at radius 2 is 1.80 bits per heavy atom. The molecule has 3 rings (SSSR count). The van der Waals surface area contributed by atoms with Gasteiger partial charge in [0.25, 0.3) is 5.91 Å². The van der Waals surface area contributed by atoms with Crippen molar-refractivity contribution in [1.82, 2.24) is 15.1 Å². The summed E-state index contributed by atoms with van der Waals surface area (Å²) in [6.07, 6.45) is 0.894. The lowest BCUT2D eigenvalue weighted by Crippen LogP contribution is -2.45. The van der Waals surface area contributed by atoms with E-state index in [-0.39, 0.29) is 24.0 Å². The standard InChI is InChI=1S/C20H27N3O2/c1-6-13(4)23-11-16-17(19(23)24)18(21-20(25)22(16)5)15-9-7-14(8-10-15)12(2)3/h7-10,12-13,18H,6,11H2,1-5H3,(H,21,25). The first-order chi connectivity index (χ1) is 11.8. The summed E-state index contributed by atoms with van der Waals surface area (Å²) in [7, 11) is 1.73. The zero-order valence-electron chi connectivity index (χ0n) is 15.7. The van der Waals surface area contributed by atoms with Gasteiger partial charge >= 0.3 is 6.03 Å². The van der Waals surface area contributed by atoms with Gasteiger partial charge in [-0.15, -0.1) is 0 Å². The Bertz CT molecular complexity index is 721. The van der Waals surface area contributed by atoms with Crippen molar-refractivity contribution < 1.29 is 9.59 Å². The molecule has 0 aliphatic carbocycles. The van der Waals surface area contributed by atoms with Crippen molar-refractivity contribution in [1.29, 1.82) is 0 Å². The number of benzene rings is 1. The van der Waals surface area contributed by atoms with Gasteiger partial charge in [0.15, 0.2) is 0 Å². The molecule has 0 saturated heterocycles. The topological polar surface area (TPSA) is 52.7 Å². The summed E-state index contributed by atoms with van der Waals surface area (Å²) in [5.74, 6) is 0.485. The van der Waals surface area contributed by atoms with Gasteiger partial charge in [0.1, 0.15) is 0 Å². The van der Waals surface area contributed by atoms with Crippen LogP contribution in [-0.2, 0) is 4.79 Å². The molecule has 5 heteroatoms. The van der Waals surface area contributed by atoms with Gasteiger partial charge in [0.05, 0.1) is 23.9 Å². The number of carbonyl (C=O) groups is 2. The third-order valence-corrected chi connectivity index (χ3v) is 5.45. The number of amides is 3. The summed E-state index contributed by atoms with van der Waals surface area (Å²) in [4.78, 5) is 28.9. The molecule has 0 bridgehead atoms. The minimum absolute atomic E-state index is 0.0362. The number of rotatable bonds is 4. The van der Waals surface area contributed by atoms with E-state index in [9.17, 15) is 9.59 Å². The van der Waals surface area contributed by atoms with Gasteiger partial charge in [-0.25, -0.2) is 4.79 Å². The van der Waals surface area contributed by atoms with Crippen LogP contribution in [0.3, 0.4) is 0 Å². The fourth-order valence-corrected chi connectivity index (χ4v) is 3.49. The van der Waals surface area contributed by atoms with Crippen molar-refractivity contribution in [2.75, 3.05) is 13.6 Å². The first kappa shape index (κ1) is 17.5. The van der Waals surface area contributed by atoms with Gasteiger partial charge in [0.2, 0.25) is 0 Å². The molecule has 1 N–H and O–H groups in total. The van der Waals surface area contributed by atoms with E-state index in [0.717, 1.165) is 17.7 Å². The molecular formula is C20H27N3O2. The Labute approximate surface area is 149 Å².